The maximum Gasteiger partial charge on any atom is 0.311 e. The second-order valence-corrected chi connectivity index (χ2v) is 15.9. The van der Waals surface area contributed by atoms with Crippen molar-refractivity contribution in [3.63, 3.8) is 0 Å². The standard InChI is InChI=1S/C36H59N3O9S/c1-11-28-36(8,44)31(41)23(6)39(10)17-19(2)16-35(7,43)32(21(4)29(40)22(5)33(42)47-28)48-34-30(26(37-9)14-20(3)45-34)46-24-12-13-25-27(15-24)49-18-38-25/h12-13,15,18-23,26,28-32,34,37,40-41,43-44H,11,14,16-17H2,1-10H3/t19?,20-,21?,22?,23?,26+,28?,29?,30-,31?,32?,34+,35?,36?/m1/s1. The largest absolute Gasteiger partial charge is 0.483 e. The molecule has 0 saturated carbocycles. The Kier molecular flexibility index (Phi) is 13.1. The summed E-state index contributed by atoms with van der Waals surface area (Å²) in [6.45, 7) is 14.5. The first-order valence-corrected chi connectivity index (χ1v) is 18.5. The van der Waals surface area contributed by atoms with Gasteiger partial charge in [-0.05, 0) is 92.1 Å². The number of esters is 1. The molecule has 0 aliphatic carbocycles. The first-order chi connectivity index (χ1) is 22.9. The van der Waals surface area contributed by atoms with E-state index < -0.39 is 71.9 Å². The summed E-state index contributed by atoms with van der Waals surface area (Å²) in [7, 11) is 3.71. The number of hydrogen-bond donors (Lipinski definition) is 5. The summed E-state index contributed by atoms with van der Waals surface area (Å²) in [4.78, 5) is 19.8. The van der Waals surface area contributed by atoms with Gasteiger partial charge in [-0.1, -0.05) is 20.8 Å². The van der Waals surface area contributed by atoms with Crippen molar-refractivity contribution in [3.05, 3.63) is 23.7 Å². The van der Waals surface area contributed by atoms with Crippen molar-refractivity contribution in [2.24, 2.45) is 17.8 Å². The number of rotatable bonds is 6. The number of carbonyl (C=O) groups excluding carboxylic acids is 1. The molecule has 2 aliphatic heterocycles. The number of aliphatic hydroxyl groups is 4. The lowest BCUT2D eigenvalue weighted by atomic mass is 9.78. The van der Waals surface area contributed by atoms with E-state index >= 15 is 0 Å². The highest BCUT2D eigenvalue weighted by Gasteiger charge is 2.50. The zero-order chi connectivity index (χ0) is 36.4. The number of hydrogen-bond acceptors (Lipinski definition) is 13. The molecule has 2 aromatic rings. The van der Waals surface area contributed by atoms with Gasteiger partial charge in [-0.25, -0.2) is 4.98 Å². The molecule has 5 N–H and O–H groups in total. The number of likely N-dealkylation sites (N-methyl/N-ethyl adjacent to an activating group) is 2. The van der Waals surface area contributed by atoms with Crippen LogP contribution < -0.4 is 10.1 Å². The van der Waals surface area contributed by atoms with Gasteiger partial charge >= 0.3 is 5.97 Å². The molecule has 0 bridgehead atoms. The molecule has 2 saturated heterocycles. The SMILES string of the molecule is CCC1OC(=O)C(C)C(O)C(C)C(O[C@@H]2O[C@H](C)C[C@H](NC)[C@H]2Oc2ccc3ncsc3c2)C(C)(O)CC(C)CN(C)C(C)C(O)C1(C)O. The summed E-state index contributed by atoms with van der Waals surface area (Å²) in [5, 5.41) is 50.2. The summed E-state index contributed by atoms with van der Waals surface area (Å²) in [6.07, 6.45) is -5.17. The molecule has 0 radical (unpaired) electrons. The van der Waals surface area contributed by atoms with Crippen LogP contribution in [0.3, 0.4) is 0 Å². The summed E-state index contributed by atoms with van der Waals surface area (Å²) < 4.78 is 26.6. The van der Waals surface area contributed by atoms with E-state index in [2.05, 4.69) is 10.3 Å². The molecule has 1 aromatic heterocycles. The van der Waals surface area contributed by atoms with Gasteiger partial charge in [0.1, 0.15) is 23.6 Å². The van der Waals surface area contributed by atoms with Gasteiger partial charge in [-0.2, -0.15) is 0 Å². The highest BCUT2D eigenvalue weighted by Crippen LogP contribution is 2.37. The van der Waals surface area contributed by atoms with Crippen LogP contribution in [0.1, 0.15) is 74.7 Å². The van der Waals surface area contributed by atoms with Crippen LogP contribution in [0, 0.1) is 17.8 Å². The van der Waals surface area contributed by atoms with Crippen LogP contribution in [0.5, 0.6) is 5.75 Å². The van der Waals surface area contributed by atoms with Crippen molar-refractivity contribution in [1.29, 1.82) is 0 Å². The number of cyclic esters (lactones) is 1. The predicted octanol–water partition coefficient (Wildman–Crippen LogP) is 3.33. The molecule has 13 heteroatoms. The molecule has 0 spiro atoms. The number of fused-ring (bicyclic) bond motifs is 1. The molecule has 1 aromatic carbocycles. The Labute approximate surface area is 295 Å². The van der Waals surface area contributed by atoms with E-state index in [4.69, 9.17) is 18.9 Å². The third-order valence-corrected chi connectivity index (χ3v) is 11.5. The van der Waals surface area contributed by atoms with E-state index in [1.807, 2.05) is 58.0 Å². The van der Waals surface area contributed by atoms with E-state index in [9.17, 15) is 25.2 Å². The average Bonchev–Trinajstić information content (AvgIpc) is 3.52. The highest BCUT2D eigenvalue weighted by molar-refractivity contribution is 7.16. The molecule has 49 heavy (non-hydrogen) atoms. The Balaban J connectivity index is 1.71. The lowest BCUT2D eigenvalue weighted by Crippen LogP contribution is -2.60. The molecule has 278 valence electrons. The van der Waals surface area contributed by atoms with Gasteiger partial charge in [-0.3, -0.25) is 4.79 Å². The van der Waals surface area contributed by atoms with Gasteiger partial charge in [0.05, 0.1) is 51.6 Å². The molecule has 0 amide bonds. The summed E-state index contributed by atoms with van der Waals surface area (Å²) >= 11 is 1.52. The van der Waals surface area contributed by atoms with Gasteiger partial charge in [0.15, 0.2) is 12.4 Å². The average molecular weight is 710 g/mol. The van der Waals surface area contributed by atoms with Crippen molar-refractivity contribution in [2.45, 2.75) is 141 Å². The van der Waals surface area contributed by atoms with Crippen LogP contribution in [0.2, 0.25) is 0 Å². The molecule has 4 rings (SSSR count). The maximum absolute atomic E-state index is 13.5. The molecule has 10 unspecified atom stereocenters. The van der Waals surface area contributed by atoms with E-state index in [1.165, 1.54) is 18.3 Å². The monoisotopic (exact) mass is 709 g/mol. The van der Waals surface area contributed by atoms with Crippen LogP contribution >= 0.6 is 11.3 Å². The number of aliphatic hydroxyl groups excluding tert-OH is 2. The van der Waals surface area contributed by atoms with Crippen LogP contribution in [-0.4, -0.2) is 123 Å². The number of aromatic nitrogens is 1. The first-order valence-electron chi connectivity index (χ1n) is 17.6. The van der Waals surface area contributed by atoms with E-state index in [-0.39, 0.29) is 30.9 Å². The highest BCUT2D eigenvalue weighted by atomic mass is 32.1. The fraction of sp³-hybridized carbons (Fsp3) is 0.778. The third-order valence-electron chi connectivity index (χ3n) is 10.8. The Hall–Kier alpha value is -1.94. The smallest absolute Gasteiger partial charge is 0.311 e. The fourth-order valence-electron chi connectivity index (χ4n) is 7.72. The van der Waals surface area contributed by atoms with Crippen molar-refractivity contribution >= 4 is 27.5 Å². The molecule has 2 aliphatic rings. The van der Waals surface area contributed by atoms with Crippen molar-refractivity contribution < 1.29 is 44.2 Å². The normalized spacial score (nSPS) is 42.3. The molecule has 14 atom stereocenters. The minimum absolute atomic E-state index is 0.105. The third kappa shape index (κ3) is 8.93. The number of ether oxygens (including phenoxy) is 4. The molecule has 2 fully saturated rings. The van der Waals surface area contributed by atoms with Crippen molar-refractivity contribution in [3.8, 4) is 5.75 Å². The number of thiazole rings is 1. The van der Waals surface area contributed by atoms with Crippen LogP contribution in [0.15, 0.2) is 23.7 Å². The Morgan fingerprint density at radius 2 is 1.84 bits per heavy atom. The second kappa shape index (κ2) is 16.2. The first kappa shape index (κ1) is 39.8. The molecule has 3 heterocycles. The summed E-state index contributed by atoms with van der Waals surface area (Å²) in [5.74, 6) is -2.02. The Morgan fingerprint density at radius 1 is 1.14 bits per heavy atom. The Bertz CT molecular complexity index is 1370. The number of carbonyl (C=O) groups is 1. The van der Waals surface area contributed by atoms with Crippen LogP contribution in [0.25, 0.3) is 10.2 Å². The number of nitrogens with one attached hydrogen (secondary N) is 1. The van der Waals surface area contributed by atoms with E-state index in [1.54, 1.807) is 33.2 Å². The molecular formula is C36H59N3O9S. The van der Waals surface area contributed by atoms with Gasteiger partial charge < -0.3 is 49.6 Å². The number of benzene rings is 1. The minimum Gasteiger partial charge on any atom is -0.483 e. The van der Waals surface area contributed by atoms with Gasteiger partial charge in [-0.15, -0.1) is 11.3 Å². The zero-order valence-electron chi connectivity index (χ0n) is 30.7. The van der Waals surface area contributed by atoms with Gasteiger partial charge in [0.25, 0.3) is 0 Å². The van der Waals surface area contributed by atoms with Crippen molar-refractivity contribution in [2.75, 3.05) is 20.6 Å². The zero-order valence-corrected chi connectivity index (χ0v) is 31.5. The van der Waals surface area contributed by atoms with Crippen LogP contribution in [0.4, 0.5) is 0 Å². The van der Waals surface area contributed by atoms with Crippen LogP contribution in [-0.2, 0) is 19.0 Å². The molecule has 12 nitrogen and oxygen atoms in total. The van der Waals surface area contributed by atoms with Crippen molar-refractivity contribution in [1.82, 2.24) is 15.2 Å². The Morgan fingerprint density at radius 3 is 2.49 bits per heavy atom. The van der Waals surface area contributed by atoms with Gasteiger partial charge in [0.2, 0.25) is 0 Å². The summed E-state index contributed by atoms with van der Waals surface area (Å²) in [5.41, 5.74) is -0.597. The van der Waals surface area contributed by atoms with E-state index in [0.717, 1.165) is 10.2 Å². The topological polar surface area (TPSA) is 163 Å². The predicted molar refractivity (Wildman–Crippen MR) is 188 cm³/mol. The number of nitrogens with zero attached hydrogens (tertiary/aromatic N) is 2. The maximum atomic E-state index is 13.5. The van der Waals surface area contributed by atoms with E-state index in [0.29, 0.717) is 18.7 Å². The molecular weight excluding hydrogens is 650 g/mol. The summed E-state index contributed by atoms with van der Waals surface area (Å²) in [6, 6.07) is 5.03. The second-order valence-electron chi connectivity index (χ2n) is 15.1. The quantitative estimate of drug-likeness (QED) is 0.279. The fourth-order valence-corrected chi connectivity index (χ4v) is 8.43. The van der Waals surface area contributed by atoms with Gasteiger partial charge in [0, 0.05) is 18.5 Å². The minimum atomic E-state index is -1.76. The lowest BCUT2D eigenvalue weighted by Gasteiger charge is -2.46. The lowest BCUT2D eigenvalue weighted by molar-refractivity contribution is -0.290.